The van der Waals surface area contributed by atoms with Gasteiger partial charge in [-0.05, 0) is 34.7 Å². The minimum atomic E-state index is -1.03. The van der Waals surface area contributed by atoms with Crippen LogP contribution >= 0.6 is 22.6 Å². The highest BCUT2D eigenvalue weighted by molar-refractivity contribution is 14.1. The molecule has 0 atom stereocenters. The molecule has 0 bridgehead atoms. The molecule has 1 heterocycles. The SMILES string of the molecule is O=c1[nH]cnc(Oc2ccc(F)c(F)c2)c1I. The Morgan fingerprint density at radius 3 is 2.76 bits per heavy atom. The van der Waals surface area contributed by atoms with Gasteiger partial charge in [-0.3, -0.25) is 4.79 Å². The van der Waals surface area contributed by atoms with E-state index in [0.717, 1.165) is 12.1 Å². The zero-order valence-electron chi connectivity index (χ0n) is 8.21. The number of halogens is 3. The van der Waals surface area contributed by atoms with Gasteiger partial charge >= 0.3 is 0 Å². The number of H-pyrrole nitrogens is 1. The second kappa shape index (κ2) is 4.78. The van der Waals surface area contributed by atoms with Crippen LogP contribution in [0.2, 0.25) is 0 Å². The Kier molecular flexibility index (Phi) is 3.36. The molecule has 0 aliphatic carbocycles. The van der Waals surface area contributed by atoms with Crippen LogP contribution in [-0.2, 0) is 0 Å². The van der Waals surface area contributed by atoms with E-state index >= 15 is 0 Å². The number of benzene rings is 1. The average molecular weight is 350 g/mol. The summed E-state index contributed by atoms with van der Waals surface area (Å²) in [5.74, 6) is -1.88. The zero-order valence-corrected chi connectivity index (χ0v) is 10.4. The first-order chi connectivity index (χ1) is 8.08. The van der Waals surface area contributed by atoms with Gasteiger partial charge in [-0.15, -0.1) is 0 Å². The van der Waals surface area contributed by atoms with Crippen LogP contribution in [0.3, 0.4) is 0 Å². The molecule has 4 nitrogen and oxygen atoms in total. The smallest absolute Gasteiger partial charge is 0.268 e. The summed E-state index contributed by atoms with van der Waals surface area (Å²) < 4.78 is 31.0. The molecule has 2 aromatic rings. The Labute approximate surface area is 108 Å². The van der Waals surface area contributed by atoms with E-state index in [1.54, 1.807) is 22.6 Å². The first-order valence-electron chi connectivity index (χ1n) is 4.44. The quantitative estimate of drug-likeness (QED) is 0.847. The molecule has 2 rings (SSSR count). The van der Waals surface area contributed by atoms with Gasteiger partial charge in [0.25, 0.3) is 5.56 Å². The summed E-state index contributed by atoms with van der Waals surface area (Å²) >= 11 is 1.75. The van der Waals surface area contributed by atoms with Gasteiger partial charge in [0.05, 0.1) is 6.33 Å². The Balaban J connectivity index is 2.35. The molecule has 88 valence electrons. The van der Waals surface area contributed by atoms with E-state index in [0.29, 0.717) is 0 Å². The number of rotatable bonds is 2. The van der Waals surface area contributed by atoms with E-state index in [9.17, 15) is 13.6 Å². The fourth-order valence-electron chi connectivity index (χ4n) is 1.09. The summed E-state index contributed by atoms with van der Waals surface area (Å²) in [5.41, 5.74) is -0.363. The standard InChI is InChI=1S/C10H5F2IN2O2/c11-6-2-1-5(3-7(6)12)17-10-8(13)9(16)14-4-15-10/h1-4H,(H,14,15,16). The summed E-state index contributed by atoms with van der Waals surface area (Å²) in [4.78, 5) is 17.4. The van der Waals surface area contributed by atoms with E-state index < -0.39 is 11.6 Å². The van der Waals surface area contributed by atoms with Gasteiger partial charge in [-0.2, -0.15) is 0 Å². The van der Waals surface area contributed by atoms with Gasteiger partial charge in [0.2, 0.25) is 5.88 Å². The van der Waals surface area contributed by atoms with Crippen molar-refractivity contribution in [2.24, 2.45) is 0 Å². The number of nitrogens with zero attached hydrogens (tertiary/aromatic N) is 1. The number of aromatic nitrogens is 2. The molecule has 1 aromatic heterocycles. The Hall–Kier alpha value is -1.51. The second-order valence-electron chi connectivity index (χ2n) is 3.03. The van der Waals surface area contributed by atoms with Crippen LogP contribution in [0.25, 0.3) is 0 Å². The third kappa shape index (κ3) is 2.60. The first kappa shape index (κ1) is 12.0. The summed E-state index contributed by atoms with van der Waals surface area (Å²) in [6.07, 6.45) is 1.17. The lowest BCUT2D eigenvalue weighted by atomic mass is 10.3. The van der Waals surface area contributed by atoms with Crippen molar-refractivity contribution < 1.29 is 13.5 Å². The summed E-state index contributed by atoms with van der Waals surface area (Å²) in [6.45, 7) is 0. The largest absolute Gasteiger partial charge is 0.438 e. The fourth-order valence-corrected chi connectivity index (χ4v) is 1.49. The lowest BCUT2D eigenvalue weighted by Crippen LogP contribution is -2.11. The summed E-state index contributed by atoms with van der Waals surface area (Å²) in [7, 11) is 0. The molecule has 7 heteroatoms. The molecule has 0 saturated carbocycles. The van der Waals surface area contributed by atoms with Crippen LogP contribution in [0.15, 0.2) is 29.3 Å². The van der Waals surface area contributed by atoms with E-state index in [1.165, 1.54) is 12.4 Å². The lowest BCUT2D eigenvalue weighted by Gasteiger charge is -2.05. The first-order valence-corrected chi connectivity index (χ1v) is 5.52. The van der Waals surface area contributed by atoms with Crippen LogP contribution in [0, 0.1) is 15.2 Å². The number of hydrogen-bond acceptors (Lipinski definition) is 3. The van der Waals surface area contributed by atoms with Crippen molar-refractivity contribution in [3.05, 3.63) is 50.1 Å². The minimum absolute atomic E-state index is 0.0420. The minimum Gasteiger partial charge on any atom is -0.438 e. The number of aromatic amines is 1. The summed E-state index contributed by atoms with van der Waals surface area (Å²) in [5, 5.41) is 0. The number of nitrogens with one attached hydrogen (secondary N) is 1. The van der Waals surface area contributed by atoms with Crippen LogP contribution in [0.1, 0.15) is 0 Å². The fraction of sp³-hybridized carbons (Fsp3) is 0. The third-order valence-electron chi connectivity index (χ3n) is 1.87. The van der Waals surface area contributed by atoms with E-state index in [-0.39, 0.29) is 20.8 Å². The molecule has 0 spiro atoms. The highest BCUT2D eigenvalue weighted by atomic mass is 127. The van der Waals surface area contributed by atoms with Crippen molar-refractivity contribution in [2.45, 2.75) is 0 Å². The van der Waals surface area contributed by atoms with Crippen molar-refractivity contribution in [1.82, 2.24) is 9.97 Å². The van der Waals surface area contributed by atoms with Crippen molar-refractivity contribution in [1.29, 1.82) is 0 Å². The van der Waals surface area contributed by atoms with E-state index in [4.69, 9.17) is 4.74 Å². The highest BCUT2D eigenvalue weighted by Gasteiger charge is 2.09. The molecule has 0 aliphatic rings. The van der Waals surface area contributed by atoms with Crippen molar-refractivity contribution in [3.8, 4) is 11.6 Å². The van der Waals surface area contributed by atoms with E-state index in [2.05, 4.69) is 9.97 Å². The molecular weight excluding hydrogens is 345 g/mol. The Morgan fingerprint density at radius 2 is 2.06 bits per heavy atom. The average Bonchev–Trinajstić information content (AvgIpc) is 2.30. The normalized spacial score (nSPS) is 10.3. The molecule has 1 N–H and O–H groups in total. The molecule has 17 heavy (non-hydrogen) atoms. The van der Waals surface area contributed by atoms with Gasteiger partial charge in [0.1, 0.15) is 9.32 Å². The number of ether oxygens (including phenoxy) is 1. The monoisotopic (exact) mass is 350 g/mol. The van der Waals surface area contributed by atoms with Crippen LogP contribution in [-0.4, -0.2) is 9.97 Å². The molecule has 0 amide bonds. The van der Waals surface area contributed by atoms with Crippen molar-refractivity contribution >= 4 is 22.6 Å². The molecule has 0 aliphatic heterocycles. The highest BCUT2D eigenvalue weighted by Crippen LogP contribution is 2.23. The Bertz CT molecular complexity index is 615. The molecular formula is C10H5F2IN2O2. The number of hydrogen-bond donors (Lipinski definition) is 1. The summed E-state index contributed by atoms with van der Waals surface area (Å²) in [6, 6.07) is 3.07. The van der Waals surface area contributed by atoms with Gasteiger partial charge in [0, 0.05) is 6.07 Å². The van der Waals surface area contributed by atoms with Crippen molar-refractivity contribution in [2.75, 3.05) is 0 Å². The molecule has 0 radical (unpaired) electrons. The predicted octanol–water partition coefficient (Wildman–Crippen LogP) is 2.45. The maximum absolute atomic E-state index is 12.9. The van der Waals surface area contributed by atoms with Gasteiger partial charge in [-0.25, -0.2) is 13.8 Å². The lowest BCUT2D eigenvalue weighted by molar-refractivity contribution is 0.442. The van der Waals surface area contributed by atoms with Gasteiger partial charge in [0.15, 0.2) is 11.6 Å². The van der Waals surface area contributed by atoms with Crippen LogP contribution < -0.4 is 10.3 Å². The topological polar surface area (TPSA) is 55.0 Å². The van der Waals surface area contributed by atoms with Gasteiger partial charge < -0.3 is 9.72 Å². The zero-order chi connectivity index (χ0) is 12.4. The van der Waals surface area contributed by atoms with Crippen molar-refractivity contribution in [3.63, 3.8) is 0 Å². The van der Waals surface area contributed by atoms with Crippen LogP contribution in [0.4, 0.5) is 8.78 Å². The maximum atomic E-state index is 12.9. The van der Waals surface area contributed by atoms with E-state index in [1.807, 2.05) is 0 Å². The second-order valence-corrected chi connectivity index (χ2v) is 4.11. The molecule has 1 aromatic carbocycles. The predicted molar refractivity (Wildman–Crippen MR) is 64.0 cm³/mol. The molecule has 0 fully saturated rings. The Morgan fingerprint density at radius 1 is 1.29 bits per heavy atom. The van der Waals surface area contributed by atoms with Gasteiger partial charge in [-0.1, -0.05) is 0 Å². The van der Waals surface area contributed by atoms with Crippen LogP contribution in [0.5, 0.6) is 11.6 Å². The maximum Gasteiger partial charge on any atom is 0.268 e. The molecule has 0 saturated heterocycles. The third-order valence-corrected chi connectivity index (χ3v) is 2.82. The molecule has 0 unspecified atom stereocenters.